The number of carbonyl (C=O) groups excluding carboxylic acids is 1. The molecule has 1 unspecified atom stereocenters. The van der Waals surface area contributed by atoms with Crippen LogP contribution in [0.2, 0.25) is 0 Å². The molecule has 1 N–H and O–H groups in total. The van der Waals surface area contributed by atoms with E-state index < -0.39 is 5.82 Å². The third-order valence-corrected chi connectivity index (χ3v) is 3.40. The van der Waals surface area contributed by atoms with Crippen molar-refractivity contribution in [3.05, 3.63) is 35.6 Å². The number of amides is 1. The molecule has 0 saturated carbocycles. The zero-order valence-electron chi connectivity index (χ0n) is 11.4. The number of carbonyl (C=O) groups is 1. The molecule has 1 aliphatic rings. The lowest BCUT2D eigenvalue weighted by Gasteiger charge is -2.33. The quantitative estimate of drug-likeness (QED) is 0.878. The first kappa shape index (κ1) is 14.0. The smallest absolute Gasteiger partial charge is 0.256 e. The number of nitrogens with zero attached hydrogens (tertiary/aromatic N) is 2. The van der Waals surface area contributed by atoms with E-state index >= 15 is 0 Å². The molecule has 1 atom stereocenters. The van der Waals surface area contributed by atoms with E-state index in [-0.39, 0.29) is 17.5 Å². The minimum Gasteiger partial charge on any atom is -0.340 e. The number of likely N-dealkylation sites (N-methyl/N-ethyl adjacent to an activating group) is 2. The molecular weight excluding hydrogens is 245 g/mol. The van der Waals surface area contributed by atoms with Gasteiger partial charge in [0.25, 0.3) is 5.91 Å². The highest BCUT2D eigenvalue weighted by Gasteiger charge is 2.22. The molecule has 1 aromatic rings. The molecule has 0 aromatic heterocycles. The molecule has 2 rings (SSSR count). The van der Waals surface area contributed by atoms with Crippen molar-refractivity contribution in [3.8, 4) is 0 Å². The predicted octanol–water partition coefficient (Wildman–Crippen LogP) is 0.801. The van der Waals surface area contributed by atoms with Crippen molar-refractivity contribution in [2.24, 2.45) is 0 Å². The summed E-state index contributed by atoms with van der Waals surface area (Å²) >= 11 is 0. The van der Waals surface area contributed by atoms with Crippen LogP contribution in [-0.2, 0) is 0 Å². The van der Waals surface area contributed by atoms with Crippen molar-refractivity contribution in [3.63, 3.8) is 0 Å². The van der Waals surface area contributed by atoms with Gasteiger partial charge in [-0.2, -0.15) is 0 Å². The van der Waals surface area contributed by atoms with Gasteiger partial charge in [-0.3, -0.25) is 4.79 Å². The van der Waals surface area contributed by atoms with E-state index in [2.05, 4.69) is 17.3 Å². The summed E-state index contributed by atoms with van der Waals surface area (Å²) in [5.74, 6) is -0.735. The monoisotopic (exact) mass is 265 g/mol. The number of rotatable bonds is 3. The maximum atomic E-state index is 13.6. The van der Waals surface area contributed by atoms with E-state index in [1.807, 2.05) is 0 Å². The summed E-state index contributed by atoms with van der Waals surface area (Å²) in [6.45, 7) is 3.41. The molecule has 104 valence electrons. The van der Waals surface area contributed by atoms with Crippen LogP contribution >= 0.6 is 0 Å². The van der Waals surface area contributed by atoms with E-state index in [1.165, 1.54) is 12.1 Å². The maximum Gasteiger partial charge on any atom is 0.256 e. The molecule has 1 saturated heterocycles. The largest absolute Gasteiger partial charge is 0.340 e. The molecule has 0 radical (unpaired) electrons. The van der Waals surface area contributed by atoms with E-state index in [4.69, 9.17) is 0 Å². The standard InChI is InChI=1S/C14H20FN3O/c1-17-8-7-16-11(9-17)10-18(2)14(19)12-5-3-4-6-13(12)15/h3-6,11,16H,7-10H2,1-2H3. The summed E-state index contributed by atoms with van der Waals surface area (Å²) in [5, 5.41) is 3.37. The normalized spacial score (nSPS) is 20.3. The highest BCUT2D eigenvalue weighted by atomic mass is 19.1. The Balaban J connectivity index is 1.98. The fraction of sp³-hybridized carbons (Fsp3) is 0.500. The molecule has 19 heavy (non-hydrogen) atoms. The van der Waals surface area contributed by atoms with Crippen LogP contribution in [0.1, 0.15) is 10.4 Å². The Hall–Kier alpha value is -1.46. The van der Waals surface area contributed by atoms with E-state index in [0.29, 0.717) is 6.54 Å². The van der Waals surface area contributed by atoms with Gasteiger partial charge in [0.05, 0.1) is 5.56 Å². The van der Waals surface area contributed by atoms with Gasteiger partial charge in [-0.05, 0) is 19.2 Å². The Bertz CT molecular complexity index is 452. The number of piperazine rings is 1. The van der Waals surface area contributed by atoms with E-state index in [1.54, 1.807) is 24.1 Å². The molecule has 0 spiro atoms. The van der Waals surface area contributed by atoms with Crippen molar-refractivity contribution >= 4 is 5.91 Å². The van der Waals surface area contributed by atoms with Crippen molar-refractivity contribution < 1.29 is 9.18 Å². The first-order valence-corrected chi connectivity index (χ1v) is 6.50. The lowest BCUT2D eigenvalue weighted by atomic mass is 10.1. The lowest BCUT2D eigenvalue weighted by Crippen LogP contribution is -2.54. The predicted molar refractivity (Wildman–Crippen MR) is 72.6 cm³/mol. The molecule has 1 amide bonds. The van der Waals surface area contributed by atoms with Crippen LogP contribution in [0.3, 0.4) is 0 Å². The van der Waals surface area contributed by atoms with Crippen LogP contribution in [0.15, 0.2) is 24.3 Å². The highest BCUT2D eigenvalue weighted by molar-refractivity contribution is 5.94. The van der Waals surface area contributed by atoms with Gasteiger partial charge < -0.3 is 15.1 Å². The summed E-state index contributed by atoms with van der Waals surface area (Å²) < 4.78 is 13.6. The zero-order chi connectivity index (χ0) is 13.8. The number of hydrogen-bond acceptors (Lipinski definition) is 3. The van der Waals surface area contributed by atoms with Crippen LogP contribution < -0.4 is 5.32 Å². The summed E-state index contributed by atoms with van der Waals surface area (Å²) in [4.78, 5) is 16.0. The van der Waals surface area contributed by atoms with Crippen molar-refractivity contribution in [2.75, 3.05) is 40.3 Å². The van der Waals surface area contributed by atoms with Gasteiger partial charge in [0.15, 0.2) is 0 Å². The van der Waals surface area contributed by atoms with Gasteiger partial charge in [-0.15, -0.1) is 0 Å². The molecular formula is C14H20FN3O. The van der Waals surface area contributed by atoms with Crippen LogP contribution in [0, 0.1) is 5.82 Å². The maximum absolute atomic E-state index is 13.6. The second-order valence-corrected chi connectivity index (χ2v) is 5.08. The van der Waals surface area contributed by atoms with Gasteiger partial charge in [-0.1, -0.05) is 12.1 Å². The highest BCUT2D eigenvalue weighted by Crippen LogP contribution is 2.10. The second kappa shape index (κ2) is 6.12. The van der Waals surface area contributed by atoms with Crippen LogP contribution in [0.4, 0.5) is 4.39 Å². The number of hydrogen-bond donors (Lipinski definition) is 1. The summed E-state index contributed by atoms with van der Waals surface area (Å²) in [6.07, 6.45) is 0. The van der Waals surface area contributed by atoms with Gasteiger partial charge in [-0.25, -0.2) is 4.39 Å². The summed E-state index contributed by atoms with van der Waals surface area (Å²) in [5.41, 5.74) is 0.133. The van der Waals surface area contributed by atoms with E-state index in [9.17, 15) is 9.18 Å². The topological polar surface area (TPSA) is 35.6 Å². The number of halogens is 1. The molecule has 1 heterocycles. The van der Waals surface area contributed by atoms with Gasteiger partial charge in [0, 0.05) is 39.3 Å². The molecule has 1 aliphatic heterocycles. The fourth-order valence-corrected chi connectivity index (χ4v) is 2.37. The number of nitrogens with one attached hydrogen (secondary N) is 1. The minimum absolute atomic E-state index is 0.133. The molecule has 4 nitrogen and oxygen atoms in total. The van der Waals surface area contributed by atoms with Crippen molar-refractivity contribution in [1.29, 1.82) is 0 Å². The molecule has 1 aromatic carbocycles. The average molecular weight is 265 g/mol. The third kappa shape index (κ3) is 3.52. The third-order valence-electron chi connectivity index (χ3n) is 3.40. The average Bonchev–Trinajstić information content (AvgIpc) is 2.38. The Labute approximate surface area is 113 Å². The Morgan fingerprint density at radius 1 is 1.53 bits per heavy atom. The van der Waals surface area contributed by atoms with Gasteiger partial charge >= 0.3 is 0 Å². The Kier molecular flexibility index (Phi) is 4.50. The molecule has 1 fully saturated rings. The zero-order valence-corrected chi connectivity index (χ0v) is 11.4. The first-order chi connectivity index (χ1) is 9.08. The summed E-state index contributed by atoms with van der Waals surface area (Å²) in [7, 11) is 3.78. The van der Waals surface area contributed by atoms with Gasteiger partial charge in [0.1, 0.15) is 5.82 Å². The van der Waals surface area contributed by atoms with Gasteiger partial charge in [0.2, 0.25) is 0 Å². The van der Waals surface area contributed by atoms with Crippen molar-refractivity contribution in [1.82, 2.24) is 15.1 Å². The number of benzene rings is 1. The molecule has 0 aliphatic carbocycles. The first-order valence-electron chi connectivity index (χ1n) is 6.50. The van der Waals surface area contributed by atoms with Crippen LogP contribution in [0.25, 0.3) is 0 Å². The van der Waals surface area contributed by atoms with Crippen molar-refractivity contribution in [2.45, 2.75) is 6.04 Å². The molecule has 5 heteroatoms. The Morgan fingerprint density at radius 2 is 2.26 bits per heavy atom. The SMILES string of the molecule is CN1CCNC(CN(C)C(=O)c2ccccc2F)C1. The van der Waals surface area contributed by atoms with Crippen LogP contribution in [-0.4, -0.2) is 62.0 Å². The van der Waals surface area contributed by atoms with E-state index in [0.717, 1.165) is 19.6 Å². The second-order valence-electron chi connectivity index (χ2n) is 5.08. The lowest BCUT2D eigenvalue weighted by molar-refractivity contribution is 0.0759. The van der Waals surface area contributed by atoms with Crippen LogP contribution in [0.5, 0.6) is 0 Å². The molecule has 0 bridgehead atoms. The summed E-state index contributed by atoms with van der Waals surface area (Å²) in [6, 6.07) is 6.34. The fourth-order valence-electron chi connectivity index (χ4n) is 2.37. The minimum atomic E-state index is -0.465. The Morgan fingerprint density at radius 3 is 2.95 bits per heavy atom.